The molecule has 10 rings (SSSR count). The van der Waals surface area contributed by atoms with Gasteiger partial charge in [-0.3, -0.25) is 0 Å². The molecule has 52 heavy (non-hydrogen) atoms. The number of hydrogen-bond acceptors (Lipinski definition) is 5. The average molecular weight is 697 g/mol. The highest BCUT2D eigenvalue weighted by molar-refractivity contribution is 5.75. The van der Waals surface area contributed by atoms with E-state index in [2.05, 4.69) is 93.8 Å². The second-order valence-corrected chi connectivity index (χ2v) is 16.0. The van der Waals surface area contributed by atoms with Gasteiger partial charge in [0.25, 0.3) is 0 Å². The molecule has 3 N–H and O–H groups in total. The molecule has 2 amide bonds. The van der Waals surface area contributed by atoms with Gasteiger partial charge in [-0.1, -0.05) is 79.7 Å². The lowest BCUT2D eigenvalue weighted by Crippen LogP contribution is -2.61. The second kappa shape index (κ2) is 13.8. The number of nitrogens with one attached hydrogen (secondary N) is 2. The highest BCUT2D eigenvalue weighted by Crippen LogP contribution is 2.55. The van der Waals surface area contributed by atoms with Crippen molar-refractivity contribution in [3.63, 3.8) is 0 Å². The average Bonchev–Trinajstić information content (AvgIpc) is 3.57. The molecule has 5 aromatic rings. The number of nitrogens with zero attached hydrogens (tertiary/aromatic N) is 2. The van der Waals surface area contributed by atoms with Gasteiger partial charge in [0.05, 0.1) is 42.7 Å². The SMILES string of the molecule is C[C@H]1[C@@H](Cn2cnc3ccccc32)O[C@@H](c2cccc(-c3cccc(CNC(=O)NC45CC6CC(CC(C6)C4)C5)c3)c2)O[C@H]1c1ccc(CO)cc1. The van der Waals surface area contributed by atoms with Crippen molar-refractivity contribution < 1.29 is 19.4 Å². The quantitative estimate of drug-likeness (QED) is 0.144. The first-order valence-electron chi connectivity index (χ1n) is 19.1. The molecule has 1 saturated heterocycles. The van der Waals surface area contributed by atoms with Gasteiger partial charge >= 0.3 is 6.03 Å². The molecule has 2 heterocycles. The fraction of sp³-hybridized carbons (Fsp3) is 0.409. The minimum absolute atomic E-state index is 0.00249. The maximum atomic E-state index is 13.2. The van der Waals surface area contributed by atoms with Crippen molar-refractivity contribution in [3.05, 3.63) is 126 Å². The predicted molar refractivity (Wildman–Crippen MR) is 201 cm³/mol. The number of amides is 2. The standard InChI is InChI=1S/C44H48N4O4/c1-28-40(25-48-27-46-38-10-2-3-11-39(38)48)51-42(52-41(28)34-14-12-29(26-49)13-15-34)37-9-5-8-36(20-37)35-7-4-6-30(19-35)24-45-43(50)47-44-21-31-16-32(22-44)18-33(17-31)23-44/h2-15,19-20,27-28,31-33,40-42,49H,16-18,21-26H2,1H3,(H2,45,47,50)/t28-,31?,32?,33?,40+,41+,42+,44?/m0/s1. The first-order chi connectivity index (χ1) is 25.4. The topological polar surface area (TPSA) is 97.6 Å². The number of benzene rings is 4. The normalized spacial score (nSPS) is 29.3. The molecule has 8 heteroatoms. The number of hydrogen-bond donors (Lipinski definition) is 3. The van der Waals surface area contributed by atoms with Crippen LogP contribution in [0.3, 0.4) is 0 Å². The number of carbonyl (C=O) groups excluding carboxylic acids is 1. The molecular formula is C44H48N4O4. The summed E-state index contributed by atoms with van der Waals surface area (Å²) in [4.78, 5) is 17.8. The number of rotatable bonds is 9. The number of para-hydroxylation sites is 2. The van der Waals surface area contributed by atoms with Crippen LogP contribution in [-0.4, -0.2) is 32.3 Å². The van der Waals surface area contributed by atoms with Crippen LogP contribution >= 0.6 is 0 Å². The van der Waals surface area contributed by atoms with Crippen LogP contribution in [0.5, 0.6) is 0 Å². The van der Waals surface area contributed by atoms with E-state index in [1.165, 1.54) is 19.3 Å². The van der Waals surface area contributed by atoms with E-state index in [9.17, 15) is 9.90 Å². The van der Waals surface area contributed by atoms with Gasteiger partial charge < -0.3 is 29.8 Å². The van der Waals surface area contributed by atoms with Gasteiger partial charge in [-0.2, -0.15) is 0 Å². The van der Waals surface area contributed by atoms with E-state index in [1.807, 2.05) is 36.7 Å². The van der Waals surface area contributed by atoms with Gasteiger partial charge in [0, 0.05) is 23.6 Å². The summed E-state index contributed by atoms with van der Waals surface area (Å²) in [6, 6.07) is 33.0. The molecule has 0 unspecified atom stereocenters. The third-order valence-corrected chi connectivity index (χ3v) is 12.3. The van der Waals surface area contributed by atoms with E-state index in [4.69, 9.17) is 9.47 Å². The lowest BCUT2D eigenvalue weighted by Gasteiger charge is -2.56. The second-order valence-electron chi connectivity index (χ2n) is 16.0. The van der Waals surface area contributed by atoms with Gasteiger partial charge in [-0.15, -0.1) is 0 Å². The largest absolute Gasteiger partial charge is 0.392 e. The summed E-state index contributed by atoms with van der Waals surface area (Å²) >= 11 is 0. The third-order valence-electron chi connectivity index (χ3n) is 12.3. The van der Waals surface area contributed by atoms with Gasteiger partial charge in [0.15, 0.2) is 6.29 Å². The number of urea groups is 1. The van der Waals surface area contributed by atoms with Crippen LogP contribution in [0.4, 0.5) is 4.79 Å². The number of aromatic nitrogens is 2. The number of aliphatic hydroxyl groups excluding tert-OH is 1. The molecule has 4 saturated carbocycles. The zero-order valence-electron chi connectivity index (χ0n) is 29.8. The van der Waals surface area contributed by atoms with E-state index in [-0.39, 0.29) is 36.3 Å². The van der Waals surface area contributed by atoms with Crippen molar-refractivity contribution in [1.82, 2.24) is 20.2 Å². The Morgan fingerprint density at radius 3 is 2.29 bits per heavy atom. The van der Waals surface area contributed by atoms with Crippen LogP contribution in [0.1, 0.15) is 80.1 Å². The van der Waals surface area contributed by atoms with Crippen LogP contribution in [-0.2, 0) is 29.2 Å². The smallest absolute Gasteiger partial charge is 0.315 e. The first-order valence-corrected chi connectivity index (χ1v) is 19.1. The number of fused-ring (bicyclic) bond motifs is 1. The summed E-state index contributed by atoms with van der Waals surface area (Å²) in [5, 5.41) is 16.3. The molecule has 5 fully saturated rings. The minimum Gasteiger partial charge on any atom is -0.392 e. The zero-order chi connectivity index (χ0) is 35.2. The Hall–Kier alpha value is -4.50. The number of imidazole rings is 1. The fourth-order valence-electron chi connectivity index (χ4n) is 10.1. The predicted octanol–water partition coefficient (Wildman–Crippen LogP) is 8.46. The Bertz CT molecular complexity index is 2020. The summed E-state index contributed by atoms with van der Waals surface area (Å²) in [5.74, 6) is 2.42. The van der Waals surface area contributed by atoms with Gasteiger partial charge in [-0.05, 0) is 108 Å². The molecule has 4 aromatic carbocycles. The molecular weight excluding hydrogens is 649 g/mol. The maximum absolute atomic E-state index is 13.2. The van der Waals surface area contributed by atoms with Crippen LogP contribution in [0, 0.1) is 23.7 Å². The molecule has 268 valence electrons. The van der Waals surface area contributed by atoms with E-state index < -0.39 is 6.29 Å². The van der Waals surface area contributed by atoms with Gasteiger partial charge in [0.1, 0.15) is 0 Å². The molecule has 4 aliphatic carbocycles. The Balaban J connectivity index is 0.926. The van der Waals surface area contributed by atoms with Crippen LogP contribution in [0.2, 0.25) is 0 Å². The van der Waals surface area contributed by atoms with Crippen molar-refractivity contribution in [2.45, 2.75) is 89.2 Å². The Morgan fingerprint density at radius 1 is 0.827 bits per heavy atom. The molecule has 4 bridgehead atoms. The molecule has 1 aliphatic heterocycles. The first kappa shape index (κ1) is 33.3. The van der Waals surface area contributed by atoms with E-state index in [1.54, 1.807) is 0 Å². The maximum Gasteiger partial charge on any atom is 0.315 e. The number of ether oxygens (including phenoxy) is 2. The summed E-state index contributed by atoms with van der Waals surface area (Å²) in [6.45, 7) is 3.30. The van der Waals surface area contributed by atoms with Crippen molar-refractivity contribution in [1.29, 1.82) is 0 Å². The van der Waals surface area contributed by atoms with Crippen LogP contribution in [0.25, 0.3) is 22.2 Å². The summed E-state index contributed by atoms with van der Waals surface area (Å²) in [7, 11) is 0. The summed E-state index contributed by atoms with van der Waals surface area (Å²) in [6.07, 6.45) is 8.45. The lowest BCUT2D eigenvalue weighted by atomic mass is 9.53. The van der Waals surface area contributed by atoms with E-state index >= 15 is 0 Å². The van der Waals surface area contributed by atoms with Crippen molar-refractivity contribution >= 4 is 17.1 Å². The van der Waals surface area contributed by atoms with E-state index in [0.717, 1.165) is 81.4 Å². The Labute approximate surface area is 305 Å². The van der Waals surface area contributed by atoms with Gasteiger partial charge in [0.2, 0.25) is 0 Å². The van der Waals surface area contributed by atoms with Crippen LogP contribution in [0.15, 0.2) is 103 Å². The molecule has 0 radical (unpaired) electrons. The monoisotopic (exact) mass is 696 g/mol. The molecule has 0 spiro atoms. The molecule has 4 atom stereocenters. The van der Waals surface area contributed by atoms with Crippen LogP contribution < -0.4 is 10.6 Å². The molecule has 5 aliphatic rings. The number of carbonyl (C=O) groups is 1. The minimum atomic E-state index is -0.586. The van der Waals surface area contributed by atoms with Crippen molar-refractivity contribution in [2.24, 2.45) is 23.7 Å². The summed E-state index contributed by atoms with van der Waals surface area (Å²) in [5.41, 5.74) is 8.10. The Morgan fingerprint density at radius 2 is 1.54 bits per heavy atom. The third kappa shape index (κ3) is 6.64. The van der Waals surface area contributed by atoms with Gasteiger partial charge in [-0.25, -0.2) is 9.78 Å². The number of aliphatic hydroxyl groups is 1. The highest BCUT2D eigenvalue weighted by Gasteiger charge is 2.51. The zero-order valence-corrected chi connectivity index (χ0v) is 29.8. The van der Waals surface area contributed by atoms with Crippen molar-refractivity contribution in [2.75, 3.05) is 0 Å². The Kier molecular flexibility index (Phi) is 8.85. The van der Waals surface area contributed by atoms with E-state index in [0.29, 0.717) is 13.1 Å². The fourth-order valence-corrected chi connectivity index (χ4v) is 10.1. The molecule has 8 nitrogen and oxygen atoms in total. The molecule has 1 aromatic heterocycles. The summed E-state index contributed by atoms with van der Waals surface area (Å²) < 4.78 is 15.8. The lowest BCUT2D eigenvalue weighted by molar-refractivity contribution is -0.276. The highest BCUT2D eigenvalue weighted by atomic mass is 16.7. The van der Waals surface area contributed by atoms with Crippen molar-refractivity contribution in [3.8, 4) is 11.1 Å².